The van der Waals surface area contributed by atoms with Crippen LogP contribution >= 0.6 is 0 Å². The summed E-state index contributed by atoms with van der Waals surface area (Å²) in [5, 5.41) is 0. The van der Waals surface area contributed by atoms with E-state index in [0.29, 0.717) is 18.9 Å². The van der Waals surface area contributed by atoms with Crippen LogP contribution in [0.3, 0.4) is 0 Å². The third-order valence-corrected chi connectivity index (χ3v) is 2.84. The lowest BCUT2D eigenvalue weighted by atomic mass is 10.0. The van der Waals surface area contributed by atoms with Gasteiger partial charge >= 0.3 is 0 Å². The number of nitrogens with two attached hydrogens (primary N) is 2. The highest BCUT2D eigenvalue weighted by molar-refractivity contribution is 5.52. The van der Waals surface area contributed by atoms with Gasteiger partial charge in [0.05, 0.1) is 17.9 Å². The molecule has 0 aliphatic carbocycles. The lowest BCUT2D eigenvalue weighted by Gasteiger charge is -2.33. The van der Waals surface area contributed by atoms with Crippen molar-refractivity contribution in [1.29, 1.82) is 0 Å². The fourth-order valence-corrected chi connectivity index (χ4v) is 2.02. The molecular weight excluding hydrogens is 230 g/mol. The summed E-state index contributed by atoms with van der Waals surface area (Å²) < 4.78 is 11.5. The van der Waals surface area contributed by atoms with Crippen LogP contribution in [-0.4, -0.2) is 24.7 Å². The summed E-state index contributed by atoms with van der Waals surface area (Å²) in [4.78, 5) is 4.25. The van der Waals surface area contributed by atoms with Gasteiger partial charge in [0.2, 0.25) is 5.79 Å². The van der Waals surface area contributed by atoms with Crippen molar-refractivity contribution in [2.45, 2.75) is 33.0 Å². The minimum atomic E-state index is -0.972. The highest BCUT2D eigenvalue weighted by Crippen LogP contribution is 2.32. The first-order valence-electron chi connectivity index (χ1n) is 6.36. The second kappa shape index (κ2) is 6.68. The van der Waals surface area contributed by atoms with Gasteiger partial charge in [-0.25, -0.2) is 0 Å². The molecule has 1 heterocycles. The van der Waals surface area contributed by atoms with Crippen molar-refractivity contribution in [3.63, 3.8) is 0 Å². The van der Waals surface area contributed by atoms with Gasteiger partial charge in [-0.05, 0) is 26.3 Å². The second-order valence-corrected chi connectivity index (χ2v) is 3.90. The van der Waals surface area contributed by atoms with Crippen LogP contribution < -0.4 is 11.5 Å². The number of hydrogen-bond acceptors (Lipinski definition) is 5. The van der Waals surface area contributed by atoms with Crippen molar-refractivity contribution in [1.82, 2.24) is 4.98 Å². The van der Waals surface area contributed by atoms with Crippen LogP contribution in [0.2, 0.25) is 0 Å². The van der Waals surface area contributed by atoms with Gasteiger partial charge in [0.1, 0.15) is 0 Å². The predicted molar refractivity (Wildman–Crippen MR) is 72.0 cm³/mol. The molecule has 0 saturated heterocycles. The van der Waals surface area contributed by atoms with Crippen molar-refractivity contribution in [2.24, 2.45) is 5.73 Å². The van der Waals surface area contributed by atoms with Gasteiger partial charge < -0.3 is 20.9 Å². The number of nitrogen functional groups attached to an aromatic ring is 1. The number of anilines is 1. The number of aryl methyl sites for hydroxylation is 1. The van der Waals surface area contributed by atoms with Crippen molar-refractivity contribution < 1.29 is 9.47 Å². The number of ether oxygens (including phenoxy) is 2. The molecule has 0 amide bonds. The second-order valence-electron chi connectivity index (χ2n) is 3.90. The zero-order valence-electron chi connectivity index (χ0n) is 11.4. The molecule has 1 rings (SSSR count). The van der Waals surface area contributed by atoms with Crippen LogP contribution in [0.5, 0.6) is 0 Å². The Hall–Kier alpha value is -1.17. The van der Waals surface area contributed by atoms with Crippen LogP contribution in [0.15, 0.2) is 12.3 Å². The smallest absolute Gasteiger partial charge is 0.209 e. The molecule has 5 heteroatoms. The normalized spacial score (nSPS) is 11.8. The quantitative estimate of drug-likeness (QED) is 0.718. The number of rotatable bonds is 7. The summed E-state index contributed by atoms with van der Waals surface area (Å²) in [6.07, 6.45) is 2.48. The summed E-state index contributed by atoms with van der Waals surface area (Å²) in [7, 11) is 0. The minimum Gasteiger partial charge on any atom is -0.397 e. The fraction of sp³-hybridized carbons (Fsp3) is 0.615. The Morgan fingerprint density at radius 3 is 2.28 bits per heavy atom. The Balaban J connectivity index is 3.27. The molecule has 0 bridgehead atoms. The van der Waals surface area contributed by atoms with E-state index < -0.39 is 5.79 Å². The molecule has 5 nitrogen and oxygen atoms in total. The summed E-state index contributed by atoms with van der Waals surface area (Å²) in [5.41, 5.74) is 14.2. The maximum Gasteiger partial charge on any atom is 0.209 e. The number of aromatic nitrogens is 1. The highest BCUT2D eigenvalue weighted by atomic mass is 16.7. The summed E-state index contributed by atoms with van der Waals surface area (Å²) in [6.45, 7) is 7.03. The van der Waals surface area contributed by atoms with Crippen LogP contribution in [0, 0.1) is 0 Å². The highest BCUT2D eigenvalue weighted by Gasteiger charge is 2.34. The number of pyridine rings is 1. The van der Waals surface area contributed by atoms with E-state index in [2.05, 4.69) is 4.98 Å². The monoisotopic (exact) mass is 253 g/mol. The molecular formula is C13H23N3O2. The lowest BCUT2D eigenvalue weighted by molar-refractivity contribution is -0.234. The minimum absolute atomic E-state index is 0.214. The van der Waals surface area contributed by atoms with Crippen LogP contribution in [0.4, 0.5) is 5.69 Å². The van der Waals surface area contributed by atoms with E-state index in [9.17, 15) is 0 Å². The molecule has 102 valence electrons. The first-order chi connectivity index (χ1) is 8.65. The Bertz CT molecular complexity index is 376. The van der Waals surface area contributed by atoms with Crippen molar-refractivity contribution in [3.05, 3.63) is 23.5 Å². The molecule has 0 saturated carbocycles. The van der Waals surface area contributed by atoms with Crippen molar-refractivity contribution in [3.8, 4) is 0 Å². The van der Waals surface area contributed by atoms with E-state index in [1.165, 1.54) is 0 Å². The van der Waals surface area contributed by atoms with Crippen LogP contribution in [-0.2, 0) is 21.7 Å². The molecule has 0 aliphatic heterocycles. The van der Waals surface area contributed by atoms with Gasteiger partial charge in [-0.2, -0.15) is 0 Å². The van der Waals surface area contributed by atoms with E-state index in [0.717, 1.165) is 17.7 Å². The van der Waals surface area contributed by atoms with Gasteiger partial charge in [0.25, 0.3) is 0 Å². The molecule has 0 atom stereocenters. The van der Waals surface area contributed by atoms with Crippen LogP contribution in [0.25, 0.3) is 0 Å². The fourth-order valence-electron chi connectivity index (χ4n) is 2.02. The zero-order chi connectivity index (χ0) is 13.6. The Morgan fingerprint density at radius 1 is 1.22 bits per heavy atom. The van der Waals surface area contributed by atoms with Crippen molar-refractivity contribution >= 4 is 5.69 Å². The number of hydrogen-bond donors (Lipinski definition) is 2. The molecule has 0 radical (unpaired) electrons. The lowest BCUT2D eigenvalue weighted by Crippen LogP contribution is -2.41. The maximum absolute atomic E-state index is 6.14. The SMILES string of the molecule is CCOC(CN)(OCC)c1ccnc(CC)c1N. The molecule has 1 aromatic rings. The van der Waals surface area contributed by atoms with Crippen LogP contribution in [0.1, 0.15) is 32.0 Å². The Morgan fingerprint density at radius 2 is 1.83 bits per heavy atom. The average Bonchev–Trinajstić information content (AvgIpc) is 2.38. The molecule has 18 heavy (non-hydrogen) atoms. The van der Waals surface area contributed by atoms with E-state index in [1.54, 1.807) is 6.20 Å². The molecule has 1 aromatic heterocycles. The van der Waals surface area contributed by atoms with E-state index >= 15 is 0 Å². The Labute approximate surface area is 108 Å². The van der Waals surface area contributed by atoms with E-state index in [1.807, 2.05) is 26.8 Å². The predicted octanol–water partition coefficient (Wildman–Crippen LogP) is 1.41. The third kappa shape index (κ3) is 2.80. The summed E-state index contributed by atoms with van der Waals surface area (Å²) >= 11 is 0. The Kier molecular flexibility index (Phi) is 5.53. The third-order valence-electron chi connectivity index (χ3n) is 2.84. The van der Waals surface area contributed by atoms with E-state index in [4.69, 9.17) is 20.9 Å². The van der Waals surface area contributed by atoms with Gasteiger partial charge in [-0.15, -0.1) is 0 Å². The molecule has 0 unspecified atom stereocenters. The summed E-state index contributed by atoms with van der Waals surface area (Å²) in [6, 6.07) is 1.81. The van der Waals surface area contributed by atoms with E-state index in [-0.39, 0.29) is 6.54 Å². The largest absolute Gasteiger partial charge is 0.397 e. The number of nitrogens with zero attached hydrogens (tertiary/aromatic N) is 1. The van der Waals surface area contributed by atoms with Gasteiger partial charge in [0, 0.05) is 25.0 Å². The standard InChI is InChI=1S/C13H23N3O2/c1-4-11-12(15)10(7-8-16-11)13(9-14,17-5-2)18-6-3/h7-8H,4-6,9,14-15H2,1-3H3. The zero-order valence-corrected chi connectivity index (χ0v) is 11.4. The molecule has 0 fully saturated rings. The average molecular weight is 253 g/mol. The first-order valence-corrected chi connectivity index (χ1v) is 6.36. The summed E-state index contributed by atoms with van der Waals surface area (Å²) in [5.74, 6) is -0.972. The van der Waals surface area contributed by atoms with Crippen molar-refractivity contribution in [2.75, 3.05) is 25.5 Å². The maximum atomic E-state index is 6.14. The van der Waals surface area contributed by atoms with Gasteiger partial charge in [-0.3, -0.25) is 4.98 Å². The molecule has 4 N–H and O–H groups in total. The topological polar surface area (TPSA) is 83.4 Å². The van der Waals surface area contributed by atoms with Gasteiger partial charge in [0.15, 0.2) is 0 Å². The molecule has 0 spiro atoms. The molecule has 0 aliphatic rings. The molecule has 0 aromatic carbocycles. The first kappa shape index (κ1) is 14.9. The van der Waals surface area contributed by atoms with Gasteiger partial charge in [-0.1, -0.05) is 6.92 Å².